The van der Waals surface area contributed by atoms with Gasteiger partial charge in [-0.3, -0.25) is 0 Å². The van der Waals surface area contributed by atoms with Gasteiger partial charge in [-0.1, -0.05) is 18.2 Å². The Labute approximate surface area is 113 Å². The van der Waals surface area contributed by atoms with Gasteiger partial charge in [-0.15, -0.1) is 0 Å². The molecule has 0 spiro atoms. The van der Waals surface area contributed by atoms with E-state index in [4.69, 9.17) is 0 Å². The van der Waals surface area contributed by atoms with E-state index in [-0.39, 0.29) is 0 Å². The number of hydrogen-bond acceptors (Lipinski definition) is 1. The second kappa shape index (κ2) is 5.64. The summed E-state index contributed by atoms with van der Waals surface area (Å²) in [5, 5.41) is 4.61. The van der Waals surface area contributed by atoms with E-state index < -0.39 is 29.2 Å². The minimum atomic E-state index is -1.63. The van der Waals surface area contributed by atoms with E-state index in [1.807, 2.05) is 0 Å². The number of para-hydroxylation sites is 1. The smallest absolute Gasteiger partial charge is 0.307 e. The molecule has 0 unspecified atom stereocenters. The lowest BCUT2D eigenvalue weighted by Crippen LogP contribution is -2.21. The first-order valence-corrected chi connectivity index (χ1v) is 5.76. The number of aryl methyl sites for hydroxylation is 1. The van der Waals surface area contributed by atoms with Crippen LogP contribution in [0.3, 0.4) is 0 Å². The van der Waals surface area contributed by atoms with Crippen molar-refractivity contribution in [2.45, 2.75) is 6.92 Å². The van der Waals surface area contributed by atoms with Crippen molar-refractivity contribution < 1.29 is 18.0 Å². The summed E-state index contributed by atoms with van der Waals surface area (Å²) >= 11 is 0. The van der Waals surface area contributed by atoms with Gasteiger partial charge in [0.15, 0.2) is 17.5 Å². The first-order valence-electron chi connectivity index (χ1n) is 5.76. The van der Waals surface area contributed by atoms with Gasteiger partial charge in [-0.05, 0) is 30.7 Å². The molecule has 3 nitrogen and oxygen atoms in total. The van der Waals surface area contributed by atoms with E-state index in [9.17, 15) is 18.0 Å². The summed E-state index contributed by atoms with van der Waals surface area (Å²) in [7, 11) is 0. The maximum Gasteiger partial charge on any atom is 0.323 e. The van der Waals surface area contributed by atoms with Gasteiger partial charge in [0.2, 0.25) is 0 Å². The monoisotopic (exact) mass is 280 g/mol. The summed E-state index contributed by atoms with van der Waals surface area (Å²) in [6.45, 7) is 1.79. The van der Waals surface area contributed by atoms with Gasteiger partial charge >= 0.3 is 6.03 Å². The molecule has 0 bridgehead atoms. The molecule has 0 saturated heterocycles. The zero-order valence-electron chi connectivity index (χ0n) is 10.5. The zero-order valence-corrected chi connectivity index (χ0v) is 10.5. The van der Waals surface area contributed by atoms with Crippen LogP contribution in [0.4, 0.5) is 29.3 Å². The van der Waals surface area contributed by atoms with Gasteiger partial charge in [0.1, 0.15) is 0 Å². The predicted octanol–water partition coefficient (Wildman–Crippen LogP) is 4.06. The maximum absolute atomic E-state index is 13.4. The van der Waals surface area contributed by atoms with Crippen molar-refractivity contribution in [2.75, 3.05) is 10.6 Å². The van der Waals surface area contributed by atoms with Gasteiger partial charge in [-0.25, -0.2) is 18.0 Å². The Bertz CT molecular complexity index is 659. The number of anilines is 2. The first-order chi connectivity index (χ1) is 9.49. The number of benzene rings is 2. The van der Waals surface area contributed by atoms with E-state index in [1.165, 1.54) is 0 Å². The van der Waals surface area contributed by atoms with Crippen molar-refractivity contribution in [3.8, 4) is 0 Å². The van der Waals surface area contributed by atoms with Crippen LogP contribution in [0, 0.1) is 24.4 Å². The molecular weight excluding hydrogens is 269 g/mol. The summed E-state index contributed by atoms with van der Waals surface area (Å²) in [6.07, 6.45) is 0. The minimum absolute atomic E-state index is 0.435. The molecule has 6 heteroatoms. The predicted molar refractivity (Wildman–Crippen MR) is 70.1 cm³/mol. The Morgan fingerprint density at radius 2 is 1.55 bits per heavy atom. The van der Waals surface area contributed by atoms with Crippen LogP contribution in [0.25, 0.3) is 0 Å². The second-order valence-electron chi connectivity index (χ2n) is 4.12. The number of nitrogens with one attached hydrogen (secondary N) is 2. The number of rotatable bonds is 2. The van der Waals surface area contributed by atoms with Gasteiger partial charge in [0.05, 0.1) is 5.69 Å². The van der Waals surface area contributed by atoms with E-state index >= 15 is 0 Å². The lowest BCUT2D eigenvalue weighted by Gasteiger charge is -2.10. The molecule has 0 aliphatic heterocycles. The van der Waals surface area contributed by atoms with Crippen LogP contribution in [-0.2, 0) is 0 Å². The third kappa shape index (κ3) is 2.90. The average Bonchev–Trinajstić information content (AvgIpc) is 2.42. The Balaban J connectivity index is 2.13. The molecule has 0 atom stereocenters. The molecule has 2 aromatic rings. The SMILES string of the molecule is Cc1ccccc1NC(=O)Nc1ccc(F)c(F)c1F. The first kappa shape index (κ1) is 13.9. The van der Waals surface area contributed by atoms with Gasteiger partial charge < -0.3 is 10.6 Å². The lowest BCUT2D eigenvalue weighted by molar-refractivity contribution is 0.262. The molecule has 0 fully saturated rings. The Hall–Kier alpha value is -2.50. The van der Waals surface area contributed by atoms with Crippen molar-refractivity contribution in [3.63, 3.8) is 0 Å². The summed E-state index contributed by atoms with van der Waals surface area (Å²) in [5.41, 5.74) is 0.913. The maximum atomic E-state index is 13.4. The number of hydrogen-bond donors (Lipinski definition) is 2. The van der Waals surface area contributed by atoms with E-state index in [2.05, 4.69) is 10.6 Å². The normalized spacial score (nSPS) is 10.2. The number of carbonyl (C=O) groups excluding carboxylic acids is 1. The molecular formula is C14H11F3N2O. The highest BCUT2D eigenvalue weighted by Crippen LogP contribution is 2.20. The molecule has 2 aromatic carbocycles. The van der Waals surface area contributed by atoms with Crippen molar-refractivity contribution >= 4 is 17.4 Å². The van der Waals surface area contributed by atoms with Crippen molar-refractivity contribution in [2.24, 2.45) is 0 Å². The largest absolute Gasteiger partial charge is 0.323 e. The van der Waals surface area contributed by atoms with E-state index in [0.717, 1.165) is 17.7 Å². The molecule has 0 saturated carbocycles. The number of amides is 2. The molecule has 0 aliphatic carbocycles. The highest BCUT2D eigenvalue weighted by molar-refractivity contribution is 6.00. The molecule has 0 radical (unpaired) electrons. The van der Waals surface area contributed by atoms with Gasteiger partial charge in [0, 0.05) is 5.69 Å². The van der Waals surface area contributed by atoms with Crippen LogP contribution in [-0.4, -0.2) is 6.03 Å². The van der Waals surface area contributed by atoms with E-state index in [1.54, 1.807) is 31.2 Å². The van der Waals surface area contributed by atoms with Crippen LogP contribution >= 0.6 is 0 Å². The Kier molecular flexibility index (Phi) is 3.93. The molecule has 104 valence electrons. The average molecular weight is 280 g/mol. The van der Waals surface area contributed by atoms with E-state index in [0.29, 0.717) is 5.69 Å². The Morgan fingerprint density at radius 1 is 0.900 bits per heavy atom. The van der Waals surface area contributed by atoms with Crippen LogP contribution in [0.2, 0.25) is 0 Å². The molecule has 2 N–H and O–H groups in total. The van der Waals surface area contributed by atoms with Crippen LogP contribution in [0.1, 0.15) is 5.56 Å². The molecule has 0 aliphatic rings. The second-order valence-corrected chi connectivity index (χ2v) is 4.12. The van der Waals surface area contributed by atoms with Gasteiger partial charge in [-0.2, -0.15) is 0 Å². The fourth-order valence-corrected chi connectivity index (χ4v) is 1.61. The molecule has 2 rings (SSSR count). The topological polar surface area (TPSA) is 41.1 Å². The standard InChI is InChI=1S/C14H11F3N2O/c1-8-4-2-3-5-10(8)18-14(20)19-11-7-6-9(15)12(16)13(11)17/h2-7H,1H3,(H2,18,19,20). The van der Waals surface area contributed by atoms with Crippen molar-refractivity contribution in [3.05, 3.63) is 59.4 Å². The number of carbonyl (C=O) groups is 1. The van der Waals surface area contributed by atoms with Crippen LogP contribution in [0.5, 0.6) is 0 Å². The molecule has 2 amide bonds. The van der Waals surface area contributed by atoms with Crippen LogP contribution < -0.4 is 10.6 Å². The third-order valence-electron chi connectivity index (χ3n) is 2.68. The third-order valence-corrected chi connectivity index (χ3v) is 2.68. The molecule has 0 heterocycles. The number of halogens is 3. The van der Waals surface area contributed by atoms with Crippen molar-refractivity contribution in [1.82, 2.24) is 0 Å². The van der Waals surface area contributed by atoms with Gasteiger partial charge in [0.25, 0.3) is 0 Å². The Morgan fingerprint density at radius 3 is 2.25 bits per heavy atom. The lowest BCUT2D eigenvalue weighted by atomic mass is 10.2. The summed E-state index contributed by atoms with van der Waals surface area (Å²) in [6, 6.07) is 7.91. The minimum Gasteiger partial charge on any atom is -0.307 e. The summed E-state index contributed by atoms with van der Waals surface area (Å²) in [4.78, 5) is 11.7. The molecule has 20 heavy (non-hydrogen) atoms. The number of urea groups is 1. The highest BCUT2D eigenvalue weighted by Gasteiger charge is 2.15. The van der Waals surface area contributed by atoms with Crippen LogP contribution in [0.15, 0.2) is 36.4 Å². The quantitative estimate of drug-likeness (QED) is 0.800. The summed E-state index contributed by atoms with van der Waals surface area (Å²) in [5.74, 6) is -4.38. The fourth-order valence-electron chi connectivity index (χ4n) is 1.61. The zero-order chi connectivity index (χ0) is 14.7. The highest BCUT2D eigenvalue weighted by atomic mass is 19.2. The van der Waals surface area contributed by atoms with Crippen molar-refractivity contribution in [1.29, 1.82) is 0 Å². The summed E-state index contributed by atoms with van der Waals surface area (Å²) < 4.78 is 39.1. The fraction of sp³-hybridized carbons (Fsp3) is 0.0714. The molecule has 0 aromatic heterocycles.